The molecule has 0 aliphatic heterocycles. The fourth-order valence-corrected chi connectivity index (χ4v) is 2.28. The van der Waals surface area contributed by atoms with Crippen molar-refractivity contribution in [3.8, 4) is 5.75 Å². The van der Waals surface area contributed by atoms with Crippen molar-refractivity contribution >= 4 is 5.97 Å². The molecule has 0 heterocycles. The van der Waals surface area contributed by atoms with Gasteiger partial charge in [0.15, 0.2) is 0 Å². The summed E-state index contributed by atoms with van der Waals surface area (Å²) < 4.78 is 10.8. The van der Waals surface area contributed by atoms with Crippen LogP contribution >= 0.6 is 0 Å². The second-order valence-corrected chi connectivity index (χ2v) is 7.33. The maximum absolute atomic E-state index is 12.0. The Morgan fingerprint density at radius 2 is 1.43 bits per heavy atom. The van der Waals surface area contributed by atoms with Crippen LogP contribution in [0.25, 0.3) is 0 Å². The van der Waals surface area contributed by atoms with E-state index in [1.165, 1.54) is 7.11 Å². The Hall–Kier alpha value is -1.51. The highest BCUT2D eigenvalue weighted by molar-refractivity contribution is 5.90. The van der Waals surface area contributed by atoms with Crippen molar-refractivity contribution in [2.45, 2.75) is 59.3 Å². The van der Waals surface area contributed by atoms with Crippen LogP contribution in [0.4, 0.5) is 0 Å². The first-order valence-corrected chi connectivity index (χ1v) is 7.42. The number of carbonyl (C=O) groups is 1. The quantitative estimate of drug-likeness (QED) is 0.771. The van der Waals surface area contributed by atoms with Gasteiger partial charge in [-0.15, -0.1) is 0 Å². The number of rotatable bonds is 3. The smallest absolute Gasteiger partial charge is 0.337 e. The molecule has 1 aromatic rings. The fraction of sp³-hybridized carbons (Fsp3) is 0.611. The molecule has 3 nitrogen and oxygen atoms in total. The first-order valence-electron chi connectivity index (χ1n) is 7.42. The van der Waals surface area contributed by atoms with E-state index in [0.717, 1.165) is 16.9 Å². The summed E-state index contributed by atoms with van der Waals surface area (Å²) in [7, 11) is 1.41. The third kappa shape index (κ3) is 3.99. The Morgan fingerprint density at radius 1 is 1.00 bits per heavy atom. The summed E-state index contributed by atoms with van der Waals surface area (Å²) in [5.41, 5.74) is 2.42. The Bertz CT molecular complexity index is 481. The summed E-state index contributed by atoms with van der Waals surface area (Å²) in [6.07, 6.45) is 0. The van der Waals surface area contributed by atoms with Crippen LogP contribution in [-0.2, 0) is 15.6 Å². The van der Waals surface area contributed by atoms with Crippen LogP contribution in [0.3, 0.4) is 0 Å². The van der Waals surface area contributed by atoms with Crippen LogP contribution in [0.2, 0.25) is 0 Å². The van der Waals surface area contributed by atoms with E-state index in [1.54, 1.807) is 0 Å². The lowest BCUT2D eigenvalue weighted by Crippen LogP contribution is -2.21. The predicted octanol–water partition coefficient (Wildman–Crippen LogP) is 4.47. The number of esters is 1. The average Bonchev–Trinajstić information content (AvgIpc) is 2.35. The highest BCUT2D eigenvalue weighted by Gasteiger charge is 2.29. The molecule has 0 aromatic heterocycles. The lowest BCUT2D eigenvalue weighted by Gasteiger charge is -2.30. The summed E-state index contributed by atoms with van der Waals surface area (Å²) in [6, 6.07) is 3.79. The van der Waals surface area contributed by atoms with Gasteiger partial charge in [-0.2, -0.15) is 0 Å². The van der Waals surface area contributed by atoms with Crippen molar-refractivity contribution in [2.75, 3.05) is 13.7 Å². The van der Waals surface area contributed by atoms with Gasteiger partial charge in [0.05, 0.1) is 19.3 Å². The second-order valence-electron chi connectivity index (χ2n) is 7.33. The highest BCUT2D eigenvalue weighted by atomic mass is 16.5. The molecule has 1 rings (SSSR count). The third-order valence-electron chi connectivity index (χ3n) is 3.41. The largest absolute Gasteiger partial charge is 0.493 e. The van der Waals surface area contributed by atoms with Crippen molar-refractivity contribution < 1.29 is 14.3 Å². The molecular formula is C18H28O3. The molecule has 1 aromatic carbocycles. The van der Waals surface area contributed by atoms with Crippen molar-refractivity contribution in [2.24, 2.45) is 0 Å². The molecule has 0 N–H and O–H groups in total. The van der Waals surface area contributed by atoms with E-state index in [1.807, 2.05) is 19.1 Å². The van der Waals surface area contributed by atoms with Crippen LogP contribution in [-0.4, -0.2) is 19.7 Å². The van der Waals surface area contributed by atoms with E-state index >= 15 is 0 Å². The van der Waals surface area contributed by atoms with Gasteiger partial charge in [0, 0.05) is 11.1 Å². The molecule has 3 heteroatoms. The fourth-order valence-electron chi connectivity index (χ4n) is 2.28. The average molecular weight is 292 g/mol. The van der Waals surface area contributed by atoms with Gasteiger partial charge in [-0.1, -0.05) is 41.5 Å². The summed E-state index contributed by atoms with van der Waals surface area (Å²) in [4.78, 5) is 12.0. The summed E-state index contributed by atoms with van der Waals surface area (Å²) in [5.74, 6) is 0.583. The van der Waals surface area contributed by atoms with E-state index in [2.05, 4.69) is 41.5 Å². The van der Waals surface area contributed by atoms with E-state index in [9.17, 15) is 4.79 Å². The normalized spacial score (nSPS) is 12.2. The molecule has 0 bridgehead atoms. The zero-order valence-corrected chi connectivity index (χ0v) is 14.6. The van der Waals surface area contributed by atoms with Crippen LogP contribution in [0.5, 0.6) is 5.75 Å². The molecule has 0 spiro atoms. The second kappa shape index (κ2) is 6.08. The molecule has 0 aliphatic rings. The number of ether oxygens (including phenoxy) is 2. The van der Waals surface area contributed by atoms with Crippen LogP contribution in [0, 0.1) is 0 Å². The lowest BCUT2D eigenvalue weighted by molar-refractivity contribution is 0.0600. The Labute approximate surface area is 128 Å². The number of hydrogen-bond donors (Lipinski definition) is 0. The third-order valence-corrected chi connectivity index (χ3v) is 3.41. The van der Waals surface area contributed by atoms with Crippen LogP contribution < -0.4 is 4.74 Å². The van der Waals surface area contributed by atoms with Crippen molar-refractivity contribution in [3.63, 3.8) is 0 Å². The zero-order valence-electron chi connectivity index (χ0n) is 14.6. The van der Waals surface area contributed by atoms with Gasteiger partial charge in [0.25, 0.3) is 0 Å². The molecule has 0 radical (unpaired) electrons. The van der Waals surface area contributed by atoms with Gasteiger partial charge >= 0.3 is 5.97 Å². The molecular weight excluding hydrogens is 264 g/mol. The minimum atomic E-state index is -0.311. The first kappa shape index (κ1) is 17.5. The number of methoxy groups -OCH3 is 1. The van der Waals surface area contributed by atoms with Gasteiger partial charge in [-0.25, -0.2) is 4.79 Å². The minimum Gasteiger partial charge on any atom is -0.493 e. The SMILES string of the molecule is CCOc1c(C(C)(C)C)cc(C(=O)OC)cc1C(C)(C)C. The Morgan fingerprint density at radius 3 is 1.71 bits per heavy atom. The topological polar surface area (TPSA) is 35.5 Å². The van der Waals surface area contributed by atoms with E-state index in [0.29, 0.717) is 12.2 Å². The van der Waals surface area contributed by atoms with Crippen LogP contribution in [0.15, 0.2) is 12.1 Å². The summed E-state index contributed by atoms with van der Waals surface area (Å²) >= 11 is 0. The summed E-state index contributed by atoms with van der Waals surface area (Å²) in [5, 5.41) is 0. The summed E-state index contributed by atoms with van der Waals surface area (Å²) in [6.45, 7) is 15.3. The van der Waals surface area contributed by atoms with Crippen molar-refractivity contribution in [1.29, 1.82) is 0 Å². The number of hydrogen-bond acceptors (Lipinski definition) is 3. The predicted molar refractivity (Wildman–Crippen MR) is 86.4 cm³/mol. The molecule has 0 saturated carbocycles. The number of carbonyl (C=O) groups excluding carboxylic acids is 1. The standard InChI is InChI=1S/C18H28O3/c1-9-21-15-13(17(2,3)4)10-12(16(19)20-8)11-14(15)18(5,6)7/h10-11H,9H2,1-8H3. The van der Waals surface area contributed by atoms with E-state index in [4.69, 9.17) is 9.47 Å². The molecule has 0 fully saturated rings. The van der Waals surface area contributed by atoms with Gasteiger partial charge in [0.1, 0.15) is 5.75 Å². The van der Waals surface area contributed by atoms with Gasteiger partial charge in [-0.3, -0.25) is 0 Å². The first-order chi connectivity index (χ1) is 9.52. The maximum Gasteiger partial charge on any atom is 0.337 e. The lowest BCUT2D eigenvalue weighted by atomic mass is 9.78. The maximum atomic E-state index is 12.0. The Kier molecular flexibility index (Phi) is 5.08. The molecule has 21 heavy (non-hydrogen) atoms. The van der Waals surface area contributed by atoms with E-state index in [-0.39, 0.29) is 16.8 Å². The zero-order chi connectivity index (χ0) is 16.4. The van der Waals surface area contributed by atoms with Crippen molar-refractivity contribution in [3.05, 3.63) is 28.8 Å². The molecule has 0 atom stereocenters. The Balaban J connectivity index is 3.70. The van der Waals surface area contributed by atoms with E-state index < -0.39 is 0 Å². The molecule has 0 unspecified atom stereocenters. The minimum absolute atomic E-state index is 0.117. The monoisotopic (exact) mass is 292 g/mol. The number of benzene rings is 1. The molecule has 0 aliphatic carbocycles. The molecule has 0 saturated heterocycles. The highest BCUT2D eigenvalue weighted by Crippen LogP contribution is 2.40. The van der Waals surface area contributed by atoms with Gasteiger partial charge < -0.3 is 9.47 Å². The van der Waals surface area contributed by atoms with Gasteiger partial charge in [-0.05, 0) is 29.9 Å². The molecule has 0 amide bonds. The molecule has 118 valence electrons. The van der Waals surface area contributed by atoms with Gasteiger partial charge in [0.2, 0.25) is 0 Å². The van der Waals surface area contributed by atoms with Crippen molar-refractivity contribution in [1.82, 2.24) is 0 Å². The van der Waals surface area contributed by atoms with Crippen LogP contribution in [0.1, 0.15) is 70.0 Å².